The molecule has 0 aromatic heterocycles. The number of hydrogen-bond donors (Lipinski definition) is 3. The Hall–Kier alpha value is -0.800. The van der Waals surface area contributed by atoms with Gasteiger partial charge < -0.3 is 14.7 Å². The number of likely N-dealkylation sites (tertiary alicyclic amines) is 1. The van der Waals surface area contributed by atoms with Gasteiger partial charge in [0.15, 0.2) is 0 Å². The molecule has 1 amide bonds. The van der Waals surface area contributed by atoms with E-state index in [4.69, 9.17) is 4.74 Å². The van der Waals surface area contributed by atoms with Crippen LogP contribution in [0.2, 0.25) is 0 Å². The monoisotopic (exact) mass is 344 g/mol. The molecule has 2 heterocycles. The summed E-state index contributed by atoms with van der Waals surface area (Å²) in [7, 11) is 1.51. The molecule has 2 aliphatic heterocycles. The van der Waals surface area contributed by atoms with E-state index in [1.54, 1.807) is 4.90 Å². The molecule has 3 N–H and O–H groups in total. The number of halogens is 1. The van der Waals surface area contributed by atoms with Gasteiger partial charge in [-0.1, -0.05) is 12.8 Å². The number of β-amino-alcohol motifs (C(OH)–C–C–N with tert-alkyl or cyclic N) is 1. The number of carbonyl (C=O) groups excluding carboxylic acids is 1. The second kappa shape index (κ2) is 8.05. The second-order valence-electron chi connectivity index (χ2n) is 7.05. The first-order valence-electron chi connectivity index (χ1n) is 9.00. The van der Waals surface area contributed by atoms with Crippen LogP contribution in [0.3, 0.4) is 0 Å². The van der Waals surface area contributed by atoms with Crippen molar-refractivity contribution in [2.45, 2.75) is 56.5 Å². The summed E-state index contributed by atoms with van der Waals surface area (Å²) in [6.45, 7) is 1.11. The van der Waals surface area contributed by atoms with Crippen molar-refractivity contribution < 1.29 is 19.0 Å². The van der Waals surface area contributed by atoms with E-state index in [0.717, 1.165) is 12.8 Å². The van der Waals surface area contributed by atoms with Crippen LogP contribution in [0.1, 0.15) is 32.1 Å². The first kappa shape index (κ1) is 18.0. The molecule has 0 radical (unpaired) electrons. The minimum atomic E-state index is -1.14. The fourth-order valence-electron chi connectivity index (χ4n) is 4.38. The van der Waals surface area contributed by atoms with Crippen molar-refractivity contribution in [3.05, 3.63) is 0 Å². The standard InChI is InChI=1S/C16H29FN4O3/c1-24-13-6-7-20(10-12(13)17)16(23)14-15(11-4-2-3-5-11)21(8-9-22)19-18-14/h11-15,18-19,22H,2-10H2,1H3/t12-,13+,14?,15?/m1/s1. The van der Waals surface area contributed by atoms with E-state index in [-0.39, 0.29) is 25.1 Å². The number of alkyl halides is 1. The fraction of sp³-hybridized carbons (Fsp3) is 0.938. The Kier molecular flexibility index (Phi) is 6.04. The van der Waals surface area contributed by atoms with Crippen LogP contribution in [0.5, 0.6) is 0 Å². The highest BCUT2D eigenvalue weighted by Crippen LogP contribution is 2.33. The number of aliphatic hydroxyl groups is 1. The quantitative estimate of drug-likeness (QED) is 0.642. The highest BCUT2D eigenvalue weighted by atomic mass is 19.1. The van der Waals surface area contributed by atoms with Gasteiger partial charge in [0.25, 0.3) is 0 Å². The van der Waals surface area contributed by atoms with E-state index in [1.807, 2.05) is 5.01 Å². The molecule has 8 heteroatoms. The van der Waals surface area contributed by atoms with E-state index in [1.165, 1.54) is 20.0 Å². The normalized spacial score (nSPS) is 35.7. The Morgan fingerprint density at radius 3 is 2.71 bits per heavy atom. The summed E-state index contributed by atoms with van der Waals surface area (Å²) in [6.07, 6.45) is 3.52. The fourth-order valence-corrected chi connectivity index (χ4v) is 4.38. The Balaban J connectivity index is 1.68. The largest absolute Gasteiger partial charge is 0.395 e. The predicted octanol–water partition coefficient (Wildman–Crippen LogP) is -0.184. The third-order valence-electron chi connectivity index (χ3n) is 5.65. The molecule has 0 spiro atoms. The number of ether oxygens (including phenoxy) is 1. The number of hydrogen-bond acceptors (Lipinski definition) is 6. The topological polar surface area (TPSA) is 77.1 Å². The van der Waals surface area contributed by atoms with Crippen LogP contribution in [0, 0.1) is 5.92 Å². The molecule has 3 rings (SSSR count). The summed E-state index contributed by atoms with van der Waals surface area (Å²) in [6, 6.07) is -0.392. The van der Waals surface area contributed by atoms with Crippen molar-refractivity contribution in [3.63, 3.8) is 0 Å². The van der Waals surface area contributed by atoms with Crippen LogP contribution in [-0.2, 0) is 9.53 Å². The highest BCUT2D eigenvalue weighted by Gasteiger charge is 2.46. The van der Waals surface area contributed by atoms with Crippen molar-refractivity contribution in [1.29, 1.82) is 0 Å². The van der Waals surface area contributed by atoms with Gasteiger partial charge in [-0.05, 0) is 25.2 Å². The number of amides is 1. The van der Waals surface area contributed by atoms with Gasteiger partial charge in [-0.25, -0.2) is 14.8 Å². The van der Waals surface area contributed by atoms with Crippen LogP contribution < -0.4 is 11.0 Å². The number of piperidine rings is 1. The number of carbonyl (C=O) groups is 1. The van der Waals surface area contributed by atoms with E-state index in [0.29, 0.717) is 25.4 Å². The smallest absolute Gasteiger partial charge is 0.242 e. The molecule has 1 aliphatic carbocycles. The zero-order chi connectivity index (χ0) is 17.1. The van der Waals surface area contributed by atoms with Crippen molar-refractivity contribution in [2.75, 3.05) is 33.4 Å². The number of methoxy groups -OCH3 is 1. The molecule has 2 unspecified atom stereocenters. The minimum absolute atomic E-state index is 0.00496. The summed E-state index contributed by atoms with van der Waals surface area (Å²) in [4.78, 5) is 14.6. The van der Waals surface area contributed by atoms with Crippen LogP contribution in [0.15, 0.2) is 0 Å². The first-order valence-corrected chi connectivity index (χ1v) is 9.00. The summed E-state index contributed by atoms with van der Waals surface area (Å²) < 4.78 is 19.3. The Morgan fingerprint density at radius 1 is 1.33 bits per heavy atom. The zero-order valence-electron chi connectivity index (χ0n) is 14.3. The van der Waals surface area contributed by atoms with E-state index >= 15 is 0 Å². The molecule has 3 fully saturated rings. The average Bonchev–Trinajstić information content (AvgIpc) is 3.23. The number of nitrogens with one attached hydrogen (secondary N) is 2. The Labute approximate surface area is 142 Å². The van der Waals surface area contributed by atoms with Gasteiger partial charge >= 0.3 is 0 Å². The van der Waals surface area contributed by atoms with Gasteiger partial charge in [0, 0.05) is 20.2 Å². The number of rotatable bonds is 5. The molecule has 24 heavy (non-hydrogen) atoms. The van der Waals surface area contributed by atoms with E-state index < -0.39 is 18.3 Å². The van der Waals surface area contributed by atoms with Crippen molar-refractivity contribution in [2.24, 2.45) is 5.92 Å². The predicted molar refractivity (Wildman–Crippen MR) is 86.5 cm³/mol. The summed E-state index contributed by atoms with van der Waals surface area (Å²) in [5.41, 5.74) is 6.12. The number of aliphatic hydroxyl groups excluding tert-OH is 1. The molecule has 0 aromatic rings. The molecule has 138 valence electrons. The second-order valence-corrected chi connectivity index (χ2v) is 7.05. The molecular formula is C16H29FN4O3. The van der Waals surface area contributed by atoms with Gasteiger partial charge in [0.2, 0.25) is 5.91 Å². The Bertz CT molecular complexity index is 436. The van der Waals surface area contributed by atoms with Crippen molar-refractivity contribution in [3.8, 4) is 0 Å². The van der Waals surface area contributed by atoms with Gasteiger partial charge in [0.1, 0.15) is 12.2 Å². The summed E-state index contributed by atoms with van der Waals surface area (Å²) in [5.74, 6) is 0.364. The molecule has 7 nitrogen and oxygen atoms in total. The molecule has 2 saturated heterocycles. The molecular weight excluding hydrogens is 315 g/mol. The molecule has 4 atom stereocenters. The van der Waals surface area contributed by atoms with Gasteiger partial charge in [0.05, 0.1) is 25.3 Å². The third kappa shape index (κ3) is 3.57. The summed E-state index contributed by atoms with van der Waals surface area (Å²) in [5, 5.41) is 11.2. The Morgan fingerprint density at radius 2 is 2.08 bits per heavy atom. The zero-order valence-corrected chi connectivity index (χ0v) is 14.3. The molecule has 0 aromatic carbocycles. The highest BCUT2D eigenvalue weighted by molar-refractivity contribution is 5.83. The van der Waals surface area contributed by atoms with Gasteiger partial charge in [-0.2, -0.15) is 5.53 Å². The maximum Gasteiger partial charge on any atom is 0.242 e. The number of hydrazine groups is 2. The lowest BCUT2D eigenvalue weighted by Crippen LogP contribution is -2.56. The maximum atomic E-state index is 14.1. The first-order chi connectivity index (χ1) is 11.7. The van der Waals surface area contributed by atoms with E-state index in [2.05, 4.69) is 11.0 Å². The van der Waals surface area contributed by atoms with Crippen molar-refractivity contribution in [1.82, 2.24) is 20.9 Å². The van der Waals surface area contributed by atoms with Gasteiger partial charge in [-0.3, -0.25) is 4.79 Å². The molecule has 3 aliphatic rings. The van der Waals surface area contributed by atoms with Gasteiger partial charge in [-0.15, -0.1) is 0 Å². The molecule has 1 saturated carbocycles. The lowest BCUT2D eigenvalue weighted by atomic mass is 9.90. The lowest BCUT2D eigenvalue weighted by molar-refractivity contribution is -0.139. The van der Waals surface area contributed by atoms with Crippen LogP contribution in [0.25, 0.3) is 0 Å². The average molecular weight is 344 g/mol. The maximum absolute atomic E-state index is 14.1. The SMILES string of the molecule is CO[C@H]1CCN(C(=O)C2NNN(CCO)C2C2CCCC2)C[C@H]1F. The summed E-state index contributed by atoms with van der Waals surface area (Å²) >= 11 is 0. The van der Waals surface area contributed by atoms with Crippen LogP contribution in [0.4, 0.5) is 4.39 Å². The minimum Gasteiger partial charge on any atom is -0.395 e. The third-order valence-corrected chi connectivity index (χ3v) is 5.65. The van der Waals surface area contributed by atoms with Crippen molar-refractivity contribution >= 4 is 5.91 Å². The van der Waals surface area contributed by atoms with E-state index in [9.17, 15) is 14.3 Å². The van der Waals surface area contributed by atoms with Crippen LogP contribution in [-0.4, -0.2) is 78.6 Å². The molecule has 0 bridgehead atoms. The van der Waals surface area contributed by atoms with Crippen LogP contribution >= 0.6 is 0 Å². The lowest BCUT2D eigenvalue weighted by Gasteiger charge is -2.37. The number of nitrogens with zero attached hydrogens (tertiary/aromatic N) is 2.